The molecule has 0 atom stereocenters. The first-order chi connectivity index (χ1) is 16.0. The van der Waals surface area contributed by atoms with Crippen LogP contribution >= 0.6 is 0 Å². The van der Waals surface area contributed by atoms with Crippen LogP contribution in [0.4, 0.5) is 9.59 Å². The van der Waals surface area contributed by atoms with Crippen molar-refractivity contribution in [3.8, 4) is 0 Å². The third kappa shape index (κ3) is 11.9. The maximum atomic E-state index is 11.7. The summed E-state index contributed by atoms with van der Waals surface area (Å²) < 4.78 is 14.8. The van der Waals surface area contributed by atoms with Gasteiger partial charge in [0.15, 0.2) is 0 Å². The van der Waals surface area contributed by atoms with Gasteiger partial charge < -0.3 is 24.8 Å². The Hall–Kier alpha value is -3.88. The predicted octanol–water partition coefficient (Wildman–Crippen LogP) is 3.47. The quantitative estimate of drug-likeness (QED) is 0.217. The van der Waals surface area contributed by atoms with Gasteiger partial charge in [-0.05, 0) is 24.0 Å². The highest BCUT2D eigenvalue weighted by Gasteiger charge is 2.11. The van der Waals surface area contributed by atoms with E-state index in [0.29, 0.717) is 12.8 Å². The van der Waals surface area contributed by atoms with Crippen molar-refractivity contribution in [2.24, 2.45) is 0 Å². The molecular weight excluding hydrogens is 428 g/mol. The van der Waals surface area contributed by atoms with Gasteiger partial charge in [-0.3, -0.25) is 9.59 Å². The Morgan fingerprint density at radius 2 is 1.00 bits per heavy atom. The Morgan fingerprint density at radius 1 is 0.606 bits per heavy atom. The lowest BCUT2D eigenvalue weighted by Gasteiger charge is -2.08. The zero-order chi connectivity index (χ0) is 23.7. The van der Waals surface area contributed by atoms with E-state index in [1.54, 1.807) is 0 Å². The molecule has 9 heteroatoms. The third-order valence-corrected chi connectivity index (χ3v) is 4.31. The normalized spacial score (nSPS) is 10.1. The maximum absolute atomic E-state index is 11.7. The van der Waals surface area contributed by atoms with E-state index in [0.717, 1.165) is 11.1 Å². The zero-order valence-electron chi connectivity index (χ0n) is 18.3. The first-order valence-electron chi connectivity index (χ1n) is 10.7. The van der Waals surface area contributed by atoms with E-state index in [-0.39, 0.29) is 39.1 Å². The summed E-state index contributed by atoms with van der Waals surface area (Å²) >= 11 is 0. The molecule has 0 fully saturated rings. The first-order valence-corrected chi connectivity index (χ1v) is 10.7. The van der Waals surface area contributed by atoms with Crippen LogP contribution in [0.3, 0.4) is 0 Å². The summed E-state index contributed by atoms with van der Waals surface area (Å²) in [5.41, 5.74) is 1.74. The second-order valence-corrected chi connectivity index (χ2v) is 7.03. The molecular formula is C24H28N2O7. The molecule has 0 saturated carbocycles. The first kappa shape index (κ1) is 25.4. The fourth-order valence-electron chi connectivity index (χ4n) is 2.62. The average molecular weight is 456 g/mol. The standard InChI is InChI=1S/C24H28N2O7/c27-21(13-7-15-25-23(29)31-17-19-9-3-1-4-10-19)33-22(28)14-8-16-26-24(30)32-18-20-11-5-2-6-12-20/h1-6,9-12H,7-8,13-18H2,(H,25,29)(H,26,30). The smallest absolute Gasteiger partial charge is 0.407 e. The minimum Gasteiger partial charge on any atom is -0.445 e. The molecule has 0 bridgehead atoms. The molecule has 0 heterocycles. The molecule has 2 aromatic rings. The highest BCUT2D eigenvalue weighted by Crippen LogP contribution is 2.02. The van der Waals surface area contributed by atoms with Gasteiger partial charge in [0, 0.05) is 25.9 Å². The van der Waals surface area contributed by atoms with Gasteiger partial charge in [-0.2, -0.15) is 0 Å². The second-order valence-electron chi connectivity index (χ2n) is 7.03. The Bertz CT molecular complexity index is 815. The fraction of sp³-hybridized carbons (Fsp3) is 0.333. The van der Waals surface area contributed by atoms with Gasteiger partial charge in [0.1, 0.15) is 13.2 Å². The molecule has 2 amide bonds. The minimum absolute atomic E-state index is 0.0191. The predicted molar refractivity (Wildman–Crippen MR) is 119 cm³/mol. The van der Waals surface area contributed by atoms with Gasteiger partial charge in [0.05, 0.1) is 0 Å². The van der Waals surface area contributed by atoms with Crippen LogP contribution in [-0.2, 0) is 37.0 Å². The van der Waals surface area contributed by atoms with Crippen molar-refractivity contribution in [3.05, 3.63) is 71.8 Å². The van der Waals surface area contributed by atoms with Gasteiger partial charge in [-0.1, -0.05) is 60.7 Å². The van der Waals surface area contributed by atoms with Crippen LogP contribution in [0.5, 0.6) is 0 Å². The average Bonchev–Trinajstić information content (AvgIpc) is 2.83. The molecule has 33 heavy (non-hydrogen) atoms. The number of amides is 2. The number of benzene rings is 2. The molecule has 176 valence electrons. The second kappa shape index (κ2) is 15.0. The molecule has 0 aliphatic carbocycles. The lowest BCUT2D eigenvalue weighted by molar-refractivity contribution is -0.159. The summed E-state index contributed by atoms with van der Waals surface area (Å²) in [5.74, 6) is -1.34. The third-order valence-electron chi connectivity index (χ3n) is 4.31. The van der Waals surface area contributed by atoms with Crippen molar-refractivity contribution in [1.82, 2.24) is 10.6 Å². The topological polar surface area (TPSA) is 120 Å². The van der Waals surface area contributed by atoms with Gasteiger partial charge in [0.25, 0.3) is 0 Å². The number of hydrogen-bond donors (Lipinski definition) is 2. The highest BCUT2D eigenvalue weighted by molar-refractivity contribution is 5.85. The van der Waals surface area contributed by atoms with Gasteiger partial charge in [0.2, 0.25) is 0 Å². The van der Waals surface area contributed by atoms with Crippen LogP contribution in [0.25, 0.3) is 0 Å². The van der Waals surface area contributed by atoms with Crippen LogP contribution in [-0.4, -0.2) is 37.2 Å². The van der Waals surface area contributed by atoms with Crippen molar-refractivity contribution >= 4 is 24.1 Å². The van der Waals surface area contributed by atoms with E-state index in [9.17, 15) is 19.2 Å². The molecule has 0 spiro atoms. The SMILES string of the molecule is O=C(CCCNC(=O)OCc1ccccc1)OC(=O)CCCNC(=O)OCc1ccccc1. The molecule has 0 radical (unpaired) electrons. The maximum Gasteiger partial charge on any atom is 0.407 e. The number of rotatable bonds is 12. The molecule has 0 unspecified atom stereocenters. The van der Waals surface area contributed by atoms with Crippen LogP contribution in [0.2, 0.25) is 0 Å². The van der Waals surface area contributed by atoms with E-state index >= 15 is 0 Å². The lowest BCUT2D eigenvalue weighted by atomic mass is 10.2. The summed E-state index contributed by atoms with van der Waals surface area (Å²) in [7, 11) is 0. The number of nitrogens with one attached hydrogen (secondary N) is 2. The number of ether oxygens (including phenoxy) is 3. The Balaban J connectivity index is 1.45. The van der Waals surface area contributed by atoms with Crippen LogP contribution in [0.15, 0.2) is 60.7 Å². The molecule has 0 aliphatic rings. The number of alkyl carbamates (subject to hydrolysis) is 2. The highest BCUT2D eigenvalue weighted by atomic mass is 16.6. The van der Waals surface area contributed by atoms with Crippen molar-refractivity contribution in [2.45, 2.75) is 38.9 Å². The number of hydrogen-bond acceptors (Lipinski definition) is 7. The summed E-state index contributed by atoms with van der Waals surface area (Å²) in [6.07, 6.45) is -0.595. The summed E-state index contributed by atoms with van der Waals surface area (Å²) in [4.78, 5) is 46.6. The van der Waals surface area contributed by atoms with E-state index in [1.807, 2.05) is 60.7 Å². The van der Waals surface area contributed by atoms with Crippen molar-refractivity contribution in [3.63, 3.8) is 0 Å². The number of carbonyl (C=O) groups excluding carboxylic acids is 4. The molecule has 9 nitrogen and oxygen atoms in total. The monoisotopic (exact) mass is 456 g/mol. The summed E-state index contributed by atoms with van der Waals surface area (Å²) in [6, 6.07) is 18.5. The summed E-state index contributed by atoms with van der Waals surface area (Å²) in [5, 5.41) is 5.06. The van der Waals surface area contributed by atoms with Crippen molar-refractivity contribution < 1.29 is 33.4 Å². The van der Waals surface area contributed by atoms with Crippen molar-refractivity contribution in [2.75, 3.05) is 13.1 Å². The van der Waals surface area contributed by atoms with E-state index in [1.165, 1.54) is 0 Å². The Labute approximate surface area is 192 Å². The van der Waals surface area contributed by atoms with Gasteiger partial charge >= 0.3 is 24.1 Å². The molecule has 0 aliphatic heterocycles. The van der Waals surface area contributed by atoms with E-state index < -0.39 is 24.1 Å². The summed E-state index contributed by atoms with van der Waals surface area (Å²) in [6.45, 7) is 0.740. The molecule has 0 saturated heterocycles. The lowest BCUT2D eigenvalue weighted by Crippen LogP contribution is -2.26. The van der Waals surface area contributed by atoms with E-state index in [2.05, 4.69) is 10.6 Å². The van der Waals surface area contributed by atoms with Gasteiger partial charge in [-0.15, -0.1) is 0 Å². The molecule has 0 aromatic heterocycles. The van der Waals surface area contributed by atoms with Crippen LogP contribution < -0.4 is 10.6 Å². The number of carbonyl (C=O) groups is 4. The van der Waals surface area contributed by atoms with Crippen molar-refractivity contribution in [1.29, 1.82) is 0 Å². The Morgan fingerprint density at radius 3 is 1.39 bits per heavy atom. The molecule has 2 N–H and O–H groups in total. The molecule has 2 aromatic carbocycles. The van der Waals surface area contributed by atoms with E-state index in [4.69, 9.17) is 14.2 Å². The van der Waals surface area contributed by atoms with Gasteiger partial charge in [-0.25, -0.2) is 9.59 Å². The fourth-order valence-corrected chi connectivity index (χ4v) is 2.62. The van der Waals surface area contributed by atoms with Crippen LogP contribution in [0, 0.1) is 0 Å². The van der Waals surface area contributed by atoms with Crippen LogP contribution in [0.1, 0.15) is 36.8 Å². The zero-order valence-corrected chi connectivity index (χ0v) is 18.3. The molecule has 2 rings (SSSR count). The minimum atomic E-state index is -0.672. The number of esters is 2. The largest absolute Gasteiger partial charge is 0.445 e. The Kier molecular flexibility index (Phi) is 11.5.